The number of carbonyl (C=O) groups is 1. The number of nitro groups is 2. The molecule has 2 aromatic rings. The molecule has 0 aliphatic carbocycles. The number of nitrogens with zero attached hydrogens (tertiary/aromatic N) is 4. The van der Waals surface area contributed by atoms with Crippen LogP contribution in [0.25, 0.3) is 0 Å². The topological polar surface area (TPSA) is 133 Å². The van der Waals surface area contributed by atoms with E-state index in [1.807, 2.05) is 0 Å². The number of halogens is 2. The first kappa shape index (κ1) is 17.6. The number of carbonyl (C=O) groups excluding carboxylic acids is 1. The van der Waals surface area contributed by atoms with E-state index < -0.39 is 33.8 Å². The third kappa shape index (κ3) is 3.60. The fourth-order valence-corrected chi connectivity index (χ4v) is 2.38. The fraction of sp³-hybridized carbons (Fsp3) is 0.167. The summed E-state index contributed by atoms with van der Waals surface area (Å²) in [6.45, 7) is 0.806. The van der Waals surface area contributed by atoms with Gasteiger partial charge in [-0.3, -0.25) is 14.9 Å². The molecule has 0 atom stereocenters. The standard InChI is InChI=1S/C12H9Cl2N5O5/c1-6-11(18(21)22)12(19(23)24)16-17(6)5-10(20)15-9-3-2-7(13)4-8(9)14/h2-4H,5H2,1H3,(H,15,20). The zero-order valence-corrected chi connectivity index (χ0v) is 13.5. The van der Waals surface area contributed by atoms with Crippen LogP contribution >= 0.6 is 23.2 Å². The quantitative estimate of drug-likeness (QED) is 0.632. The highest BCUT2D eigenvalue weighted by atomic mass is 35.5. The molecular formula is C12H9Cl2N5O5. The predicted molar refractivity (Wildman–Crippen MR) is 85.4 cm³/mol. The summed E-state index contributed by atoms with van der Waals surface area (Å²) in [4.78, 5) is 31.9. The van der Waals surface area contributed by atoms with E-state index in [-0.39, 0.29) is 16.4 Å². The van der Waals surface area contributed by atoms with E-state index in [0.29, 0.717) is 5.02 Å². The van der Waals surface area contributed by atoms with E-state index in [9.17, 15) is 25.0 Å². The number of hydrogen-bond donors (Lipinski definition) is 1. The maximum Gasteiger partial charge on any atom is 0.468 e. The number of amides is 1. The van der Waals surface area contributed by atoms with E-state index in [1.54, 1.807) is 0 Å². The Morgan fingerprint density at radius 2 is 1.96 bits per heavy atom. The van der Waals surface area contributed by atoms with Gasteiger partial charge in [0.05, 0.1) is 20.7 Å². The van der Waals surface area contributed by atoms with Crippen molar-refractivity contribution in [3.05, 3.63) is 54.2 Å². The number of rotatable bonds is 5. The second-order valence-corrected chi connectivity index (χ2v) is 5.45. The third-order valence-corrected chi connectivity index (χ3v) is 3.56. The highest BCUT2D eigenvalue weighted by molar-refractivity contribution is 6.36. The minimum Gasteiger partial charge on any atom is -0.358 e. The van der Waals surface area contributed by atoms with Gasteiger partial charge in [-0.15, -0.1) is 0 Å². The Labute approximate surface area is 144 Å². The van der Waals surface area contributed by atoms with Crippen molar-refractivity contribution in [3.63, 3.8) is 0 Å². The van der Waals surface area contributed by atoms with Gasteiger partial charge < -0.3 is 15.4 Å². The van der Waals surface area contributed by atoms with Crippen LogP contribution in [0.5, 0.6) is 0 Å². The lowest BCUT2D eigenvalue weighted by Gasteiger charge is -2.06. The highest BCUT2D eigenvalue weighted by Gasteiger charge is 2.35. The van der Waals surface area contributed by atoms with Crippen LogP contribution in [-0.4, -0.2) is 25.5 Å². The summed E-state index contributed by atoms with van der Waals surface area (Å²) in [5.74, 6) is -1.54. The first-order chi connectivity index (χ1) is 11.2. The van der Waals surface area contributed by atoms with Gasteiger partial charge in [0.15, 0.2) is 0 Å². The smallest absolute Gasteiger partial charge is 0.358 e. The number of nitrogens with one attached hydrogen (secondary N) is 1. The molecule has 1 amide bonds. The van der Waals surface area contributed by atoms with E-state index in [0.717, 1.165) is 4.68 Å². The monoisotopic (exact) mass is 373 g/mol. The summed E-state index contributed by atoms with van der Waals surface area (Å²) in [6.07, 6.45) is 0. The summed E-state index contributed by atoms with van der Waals surface area (Å²) in [6, 6.07) is 4.41. The van der Waals surface area contributed by atoms with Crippen molar-refractivity contribution in [2.24, 2.45) is 0 Å². The average Bonchev–Trinajstić information content (AvgIpc) is 2.79. The van der Waals surface area contributed by atoms with Crippen LogP contribution in [0.2, 0.25) is 10.0 Å². The van der Waals surface area contributed by atoms with Gasteiger partial charge in [0, 0.05) is 5.02 Å². The molecule has 0 aliphatic heterocycles. The van der Waals surface area contributed by atoms with Crippen molar-refractivity contribution in [1.82, 2.24) is 9.78 Å². The lowest BCUT2D eigenvalue weighted by molar-refractivity contribution is -0.424. The molecule has 10 nitrogen and oxygen atoms in total. The van der Waals surface area contributed by atoms with Gasteiger partial charge in [0.2, 0.25) is 5.91 Å². The summed E-state index contributed by atoms with van der Waals surface area (Å²) in [5, 5.41) is 28.3. The van der Waals surface area contributed by atoms with Crippen molar-refractivity contribution in [1.29, 1.82) is 0 Å². The molecule has 1 heterocycles. The molecule has 0 saturated heterocycles. The van der Waals surface area contributed by atoms with Gasteiger partial charge in [-0.2, -0.15) is 4.68 Å². The highest BCUT2D eigenvalue weighted by Crippen LogP contribution is 2.29. The third-order valence-electron chi connectivity index (χ3n) is 3.01. The number of aromatic nitrogens is 2. The number of hydrogen-bond acceptors (Lipinski definition) is 6. The van der Waals surface area contributed by atoms with Gasteiger partial charge in [-0.25, -0.2) is 0 Å². The van der Waals surface area contributed by atoms with Gasteiger partial charge in [-0.05, 0) is 30.0 Å². The molecule has 0 aliphatic rings. The lowest BCUT2D eigenvalue weighted by atomic mass is 10.3. The number of anilines is 1. The molecule has 0 bridgehead atoms. The second kappa shape index (κ2) is 6.81. The van der Waals surface area contributed by atoms with Gasteiger partial charge in [0.25, 0.3) is 0 Å². The van der Waals surface area contributed by atoms with Crippen molar-refractivity contribution in [2.45, 2.75) is 13.5 Å². The van der Waals surface area contributed by atoms with E-state index in [1.165, 1.54) is 25.1 Å². The first-order valence-corrected chi connectivity index (χ1v) is 7.07. The minimum absolute atomic E-state index is 0.107. The van der Waals surface area contributed by atoms with Crippen LogP contribution in [-0.2, 0) is 11.3 Å². The molecule has 0 fully saturated rings. The Hall–Kier alpha value is -2.72. The Morgan fingerprint density at radius 3 is 2.46 bits per heavy atom. The zero-order chi connectivity index (χ0) is 18.0. The first-order valence-electron chi connectivity index (χ1n) is 6.31. The molecule has 0 unspecified atom stereocenters. The van der Waals surface area contributed by atoms with Gasteiger partial charge in [-0.1, -0.05) is 23.2 Å². The molecule has 12 heteroatoms. The predicted octanol–water partition coefficient (Wildman–Crippen LogP) is 2.95. The molecule has 24 heavy (non-hydrogen) atoms. The molecule has 0 saturated carbocycles. The summed E-state index contributed by atoms with van der Waals surface area (Å²) in [5.41, 5.74) is -0.582. The summed E-state index contributed by atoms with van der Waals surface area (Å²) < 4.78 is 0.884. The van der Waals surface area contributed by atoms with Gasteiger partial charge >= 0.3 is 11.5 Å². The molecule has 0 radical (unpaired) electrons. The maximum absolute atomic E-state index is 12.0. The molecule has 1 N–H and O–H groups in total. The minimum atomic E-state index is -0.977. The Kier molecular flexibility index (Phi) is 5.00. The number of benzene rings is 1. The van der Waals surface area contributed by atoms with Crippen molar-refractivity contribution in [3.8, 4) is 0 Å². The van der Waals surface area contributed by atoms with Gasteiger partial charge in [0.1, 0.15) is 12.2 Å². The maximum atomic E-state index is 12.0. The van der Waals surface area contributed by atoms with E-state index in [4.69, 9.17) is 23.2 Å². The van der Waals surface area contributed by atoms with Crippen molar-refractivity contribution < 1.29 is 14.6 Å². The Balaban J connectivity index is 2.24. The average molecular weight is 374 g/mol. The summed E-state index contributed by atoms with van der Waals surface area (Å²) in [7, 11) is 0. The van der Waals surface area contributed by atoms with Crippen LogP contribution in [0.3, 0.4) is 0 Å². The zero-order valence-electron chi connectivity index (χ0n) is 12.0. The molecule has 2 rings (SSSR count). The van der Waals surface area contributed by atoms with E-state index in [2.05, 4.69) is 10.4 Å². The molecule has 1 aromatic carbocycles. The second-order valence-electron chi connectivity index (χ2n) is 4.60. The van der Waals surface area contributed by atoms with Crippen LogP contribution in [0.1, 0.15) is 5.69 Å². The van der Waals surface area contributed by atoms with Crippen LogP contribution in [0.15, 0.2) is 18.2 Å². The van der Waals surface area contributed by atoms with Crippen LogP contribution < -0.4 is 5.32 Å². The van der Waals surface area contributed by atoms with Crippen LogP contribution in [0, 0.1) is 27.2 Å². The normalized spacial score (nSPS) is 10.5. The van der Waals surface area contributed by atoms with E-state index >= 15 is 0 Å². The summed E-state index contributed by atoms with van der Waals surface area (Å²) >= 11 is 11.7. The fourth-order valence-electron chi connectivity index (χ4n) is 1.93. The lowest BCUT2D eigenvalue weighted by Crippen LogP contribution is -2.20. The largest absolute Gasteiger partial charge is 0.468 e. The molecule has 1 aromatic heterocycles. The Bertz CT molecular complexity index is 851. The molecule has 0 spiro atoms. The molecular weight excluding hydrogens is 365 g/mol. The Morgan fingerprint density at radius 1 is 1.29 bits per heavy atom. The SMILES string of the molecule is Cc1c([N+](=O)[O-])c([N+](=O)[O-])nn1CC(=O)Nc1ccc(Cl)cc1Cl. The van der Waals surface area contributed by atoms with Crippen molar-refractivity contribution >= 4 is 46.3 Å². The van der Waals surface area contributed by atoms with Crippen LogP contribution in [0.4, 0.5) is 17.2 Å². The van der Waals surface area contributed by atoms with Crippen molar-refractivity contribution in [2.75, 3.05) is 5.32 Å². The molecule has 126 valence electrons.